The second-order valence-corrected chi connectivity index (χ2v) is 10.1. The average molecular weight is 490 g/mol. The summed E-state index contributed by atoms with van der Waals surface area (Å²) in [5.74, 6) is -1.94. The summed E-state index contributed by atoms with van der Waals surface area (Å²) in [6, 6.07) is 23.4. The number of carbonyl (C=O) groups is 3. The number of aryl methyl sites for hydroxylation is 2. The molecule has 6 rings (SSSR count). The molecular weight excluding hydrogens is 462 g/mol. The average Bonchev–Trinajstić information content (AvgIpc) is 3.55. The van der Waals surface area contributed by atoms with Crippen molar-refractivity contribution in [2.24, 2.45) is 23.7 Å². The van der Waals surface area contributed by atoms with Gasteiger partial charge < -0.3 is 4.74 Å². The normalized spacial score (nSPS) is 23.5. The van der Waals surface area contributed by atoms with Crippen LogP contribution in [0, 0.1) is 37.5 Å². The molecule has 184 valence electrons. The minimum absolute atomic E-state index is 0.136. The van der Waals surface area contributed by atoms with E-state index in [2.05, 4.69) is 74.5 Å². The molecule has 5 nitrogen and oxygen atoms in total. The van der Waals surface area contributed by atoms with E-state index in [1.807, 2.05) is 0 Å². The van der Waals surface area contributed by atoms with Gasteiger partial charge in [0.1, 0.15) is 0 Å². The molecule has 5 heteroatoms. The molecule has 2 aliphatic carbocycles. The lowest BCUT2D eigenvalue weighted by atomic mass is 9.85. The van der Waals surface area contributed by atoms with Crippen LogP contribution in [0.3, 0.4) is 0 Å². The number of esters is 1. The highest BCUT2D eigenvalue weighted by atomic mass is 16.5. The summed E-state index contributed by atoms with van der Waals surface area (Å²) in [6.45, 7) is 4.13. The van der Waals surface area contributed by atoms with Crippen molar-refractivity contribution >= 4 is 29.0 Å². The molecular formula is C32H27NO4. The van der Waals surface area contributed by atoms with Gasteiger partial charge in [-0.25, -0.2) is 9.69 Å². The molecule has 3 aromatic rings. The van der Waals surface area contributed by atoms with Crippen LogP contribution in [-0.2, 0) is 14.3 Å². The smallest absolute Gasteiger partial charge is 0.337 e. The van der Waals surface area contributed by atoms with Crippen LogP contribution in [0.15, 0.2) is 90.5 Å². The first-order valence-electron chi connectivity index (χ1n) is 12.5. The van der Waals surface area contributed by atoms with Crippen molar-refractivity contribution in [3.05, 3.63) is 118 Å². The summed E-state index contributed by atoms with van der Waals surface area (Å²) in [4.78, 5) is 40.6. The number of fused-ring (bicyclic) bond motifs is 5. The van der Waals surface area contributed by atoms with Gasteiger partial charge in [0.05, 0.1) is 30.2 Å². The van der Waals surface area contributed by atoms with Crippen LogP contribution in [0.5, 0.6) is 0 Å². The Bertz CT molecular complexity index is 1400. The van der Waals surface area contributed by atoms with Crippen molar-refractivity contribution in [1.82, 2.24) is 0 Å². The first-order chi connectivity index (χ1) is 17.9. The van der Waals surface area contributed by atoms with Gasteiger partial charge in [0.25, 0.3) is 0 Å². The number of amides is 2. The summed E-state index contributed by atoms with van der Waals surface area (Å²) in [5.41, 5.74) is 7.68. The molecule has 2 bridgehead atoms. The lowest BCUT2D eigenvalue weighted by Crippen LogP contribution is -2.33. The number of hydrogen-bond donors (Lipinski definition) is 0. The van der Waals surface area contributed by atoms with Crippen LogP contribution in [0.25, 0.3) is 5.57 Å². The number of benzene rings is 3. The monoisotopic (exact) mass is 489 g/mol. The highest BCUT2D eigenvalue weighted by molar-refractivity contribution is 6.23. The van der Waals surface area contributed by atoms with E-state index >= 15 is 0 Å². The lowest BCUT2D eigenvalue weighted by molar-refractivity contribution is -0.122. The van der Waals surface area contributed by atoms with E-state index < -0.39 is 17.8 Å². The van der Waals surface area contributed by atoms with Gasteiger partial charge in [0.2, 0.25) is 11.8 Å². The standard InChI is InChI=1S/C32H27NO4/c1-18-4-8-20(9-5-18)26(21-10-6-19(2)7-11-21)27-24-16-17-25(27)29-28(24)30(34)33(31(29)35)23-14-12-22(13-15-23)32(36)37-3/h4-17,24-25,28-29H,1-3H3/t24-,25-,28+,29+/m0/s1. The second-order valence-electron chi connectivity index (χ2n) is 10.1. The van der Waals surface area contributed by atoms with Gasteiger partial charge in [-0.15, -0.1) is 0 Å². The van der Waals surface area contributed by atoms with Crippen LogP contribution in [0.4, 0.5) is 5.69 Å². The van der Waals surface area contributed by atoms with Crippen molar-refractivity contribution < 1.29 is 19.1 Å². The third kappa shape index (κ3) is 3.57. The lowest BCUT2D eigenvalue weighted by Gasteiger charge is -2.22. The predicted octanol–water partition coefficient (Wildman–Crippen LogP) is 5.51. The van der Waals surface area contributed by atoms with E-state index in [9.17, 15) is 14.4 Å². The van der Waals surface area contributed by atoms with E-state index in [4.69, 9.17) is 4.74 Å². The molecule has 1 saturated heterocycles. The Morgan fingerprint density at radius 2 is 1.11 bits per heavy atom. The first kappa shape index (κ1) is 23.2. The van der Waals surface area contributed by atoms with Gasteiger partial charge in [-0.3, -0.25) is 9.59 Å². The Morgan fingerprint density at radius 3 is 1.54 bits per heavy atom. The summed E-state index contributed by atoms with van der Waals surface area (Å²) in [5, 5.41) is 0. The van der Waals surface area contributed by atoms with E-state index in [-0.39, 0.29) is 23.7 Å². The number of allylic oxidation sites excluding steroid dienone is 3. The largest absolute Gasteiger partial charge is 0.465 e. The van der Waals surface area contributed by atoms with Crippen molar-refractivity contribution in [2.45, 2.75) is 13.8 Å². The Kier molecular flexibility index (Phi) is 5.45. The molecule has 0 unspecified atom stereocenters. The molecule has 4 atom stereocenters. The Balaban J connectivity index is 1.42. The van der Waals surface area contributed by atoms with E-state index in [0.29, 0.717) is 11.3 Å². The fraction of sp³-hybridized carbons (Fsp3) is 0.219. The minimum atomic E-state index is -0.459. The molecule has 1 saturated carbocycles. The van der Waals surface area contributed by atoms with Crippen LogP contribution in [-0.4, -0.2) is 24.9 Å². The third-order valence-corrected chi connectivity index (χ3v) is 7.93. The first-order valence-corrected chi connectivity index (χ1v) is 12.5. The predicted molar refractivity (Wildman–Crippen MR) is 142 cm³/mol. The fourth-order valence-electron chi connectivity index (χ4n) is 6.16. The maximum Gasteiger partial charge on any atom is 0.337 e. The van der Waals surface area contributed by atoms with Crippen LogP contribution in [0.1, 0.15) is 32.6 Å². The zero-order chi connectivity index (χ0) is 25.8. The number of nitrogens with zero attached hydrogens (tertiary/aromatic N) is 1. The van der Waals surface area contributed by atoms with Gasteiger partial charge in [-0.2, -0.15) is 0 Å². The number of rotatable bonds is 4. The van der Waals surface area contributed by atoms with Crippen molar-refractivity contribution in [2.75, 3.05) is 12.0 Å². The van der Waals surface area contributed by atoms with E-state index in [1.165, 1.54) is 23.1 Å². The molecule has 0 radical (unpaired) electrons. The molecule has 2 amide bonds. The fourth-order valence-corrected chi connectivity index (χ4v) is 6.16. The number of ether oxygens (including phenoxy) is 1. The molecule has 1 aliphatic heterocycles. The van der Waals surface area contributed by atoms with Gasteiger partial charge >= 0.3 is 5.97 Å². The summed E-state index contributed by atoms with van der Waals surface area (Å²) in [7, 11) is 1.32. The van der Waals surface area contributed by atoms with Crippen molar-refractivity contribution in [1.29, 1.82) is 0 Å². The molecule has 2 fully saturated rings. The number of anilines is 1. The molecule has 0 spiro atoms. The molecule has 0 N–H and O–H groups in total. The summed E-state index contributed by atoms with van der Waals surface area (Å²) in [6.07, 6.45) is 4.22. The SMILES string of the molecule is COC(=O)c1ccc(N2C(=O)[C@H]3[C@H](C2=O)[C@H]2C=C[C@H]3C2=C(c2ccc(C)cc2)c2ccc(C)cc2)cc1. The highest BCUT2D eigenvalue weighted by Crippen LogP contribution is 2.58. The second kappa shape index (κ2) is 8.70. The Morgan fingerprint density at radius 1 is 0.676 bits per heavy atom. The number of hydrogen-bond acceptors (Lipinski definition) is 4. The molecule has 37 heavy (non-hydrogen) atoms. The van der Waals surface area contributed by atoms with Crippen LogP contribution >= 0.6 is 0 Å². The topological polar surface area (TPSA) is 63.7 Å². The molecule has 1 heterocycles. The van der Waals surface area contributed by atoms with Crippen LogP contribution < -0.4 is 4.90 Å². The molecule has 3 aromatic carbocycles. The van der Waals surface area contributed by atoms with E-state index in [1.54, 1.807) is 24.3 Å². The summed E-state index contributed by atoms with van der Waals surface area (Å²) >= 11 is 0. The quantitative estimate of drug-likeness (QED) is 0.275. The third-order valence-electron chi connectivity index (χ3n) is 7.93. The van der Waals surface area contributed by atoms with Gasteiger partial charge in [-0.05, 0) is 60.4 Å². The van der Waals surface area contributed by atoms with Gasteiger partial charge in [0.15, 0.2) is 0 Å². The maximum atomic E-state index is 13.8. The molecule has 3 aliphatic rings. The highest BCUT2D eigenvalue weighted by Gasteiger charge is 2.62. The van der Waals surface area contributed by atoms with E-state index in [0.717, 1.165) is 22.3 Å². The summed E-state index contributed by atoms with van der Waals surface area (Å²) < 4.78 is 4.76. The van der Waals surface area contributed by atoms with Crippen molar-refractivity contribution in [3.8, 4) is 0 Å². The van der Waals surface area contributed by atoms with Crippen LogP contribution in [0.2, 0.25) is 0 Å². The number of imide groups is 1. The Hall–Kier alpha value is -4.25. The van der Waals surface area contributed by atoms with Gasteiger partial charge in [0, 0.05) is 11.8 Å². The van der Waals surface area contributed by atoms with Crippen molar-refractivity contribution in [3.63, 3.8) is 0 Å². The zero-order valence-electron chi connectivity index (χ0n) is 21.0. The van der Waals surface area contributed by atoms with Gasteiger partial charge in [-0.1, -0.05) is 71.8 Å². The minimum Gasteiger partial charge on any atom is -0.465 e. The zero-order valence-corrected chi connectivity index (χ0v) is 21.0. The Labute approximate surface area is 216 Å². The molecule has 0 aromatic heterocycles. The number of carbonyl (C=O) groups excluding carboxylic acids is 3. The number of methoxy groups -OCH3 is 1. The maximum absolute atomic E-state index is 13.8.